The molecule has 0 spiro atoms. The molecule has 5 aromatic carbocycles. The molecule has 0 fully saturated rings. The van der Waals surface area contributed by atoms with Gasteiger partial charge in [-0.3, -0.25) is 0 Å². The summed E-state index contributed by atoms with van der Waals surface area (Å²) in [7, 11) is 0. The van der Waals surface area contributed by atoms with Crippen molar-refractivity contribution in [3.05, 3.63) is 128 Å². The average molecular weight is 516 g/mol. The third kappa shape index (κ3) is 2.89. The van der Waals surface area contributed by atoms with Crippen LogP contribution in [0.2, 0.25) is 0 Å². The van der Waals surface area contributed by atoms with Crippen LogP contribution in [0.15, 0.2) is 128 Å². The SMILES string of the molecule is c1cnc2sc3ccc(-n4c5ccccc5c5cc(-n6c7ccccc7c7ccccc76)ccc54)cc3c2c1. The molecule has 39 heavy (non-hydrogen) atoms. The summed E-state index contributed by atoms with van der Waals surface area (Å²) in [5.74, 6) is 0. The van der Waals surface area contributed by atoms with Crippen molar-refractivity contribution in [2.45, 2.75) is 0 Å². The summed E-state index contributed by atoms with van der Waals surface area (Å²) >= 11 is 1.75. The Balaban J connectivity index is 1.34. The van der Waals surface area contributed by atoms with Gasteiger partial charge >= 0.3 is 0 Å². The van der Waals surface area contributed by atoms with Crippen LogP contribution in [0, 0.1) is 0 Å². The number of fused-ring (bicyclic) bond motifs is 9. The molecule has 9 aromatic rings. The Bertz CT molecular complexity index is 2350. The molecule has 0 aliphatic rings. The summed E-state index contributed by atoms with van der Waals surface area (Å²) in [6, 6.07) is 44.0. The fourth-order valence-corrected chi connectivity index (χ4v) is 7.34. The van der Waals surface area contributed by atoms with E-state index in [9.17, 15) is 0 Å². The quantitative estimate of drug-likeness (QED) is 0.225. The van der Waals surface area contributed by atoms with Gasteiger partial charge in [0.15, 0.2) is 0 Å². The molecular formula is C35H21N3S. The van der Waals surface area contributed by atoms with E-state index in [1.165, 1.54) is 70.5 Å². The van der Waals surface area contributed by atoms with Crippen molar-refractivity contribution in [3.63, 3.8) is 0 Å². The van der Waals surface area contributed by atoms with Gasteiger partial charge in [-0.2, -0.15) is 0 Å². The molecule has 182 valence electrons. The van der Waals surface area contributed by atoms with Gasteiger partial charge in [-0.05, 0) is 66.7 Å². The Labute approximate surface area is 227 Å². The molecule has 0 saturated carbocycles. The number of pyridine rings is 1. The van der Waals surface area contributed by atoms with E-state index in [2.05, 4.69) is 129 Å². The second-order valence-electron chi connectivity index (χ2n) is 10.1. The van der Waals surface area contributed by atoms with Crippen LogP contribution in [0.4, 0.5) is 0 Å². The second kappa shape index (κ2) is 7.79. The normalized spacial score (nSPS) is 12.1. The molecule has 0 radical (unpaired) electrons. The molecule has 9 rings (SSSR count). The van der Waals surface area contributed by atoms with Gasteiger partial charge in [0.05, 0.1) is 22.1 Å². The molecule has 0 bridgehead atoms. The Hall–Kier alpha value is -4.93. The summed E-state index contributed by atoms with van der Waals surface area (Å²) in [6.07, 6.45) is 1.88. The van der Waals surface area contributed by atoms with Crippen LogP contribution in [0.1, 0.15) is 0 Å². The van der Waals surface area contributed by atoms with Crippen molar-refractivity contribution >= 4 is 75.3 Å². The van der Waals surface area contributed by atoms with Crippen LogP contribution >= 0.6 is 11.3 Å². The standard InChI is InChI=1S/C35H21N3S/c1-4-12-30-24(8-1)25-9-2-5-13-31(25)37(30)22-15-17-33-28(20-22)26-10-3-6-14-32(26)38(33)23-16-18-34-29(21-23)27-11-7-19-36-35(27)39-34/h1-21H. The van der Waals surface area contributed by atoms with Gasteiger partial charge in [0.25, 0.3) is 0 Å². The van der Waals surface area contributed by atoms with Crippen LogP contribution in [0.3, 0.4) is 0 Å². The number of thiophene rings is 1. The third-order valence-electron chi connectivity index (χ3n) is 7.98. The van der Waals surface area contributed by atoms with Crippen LogP contribution in [0.5, 0.6) is 0 Å². The van der Waals surface area contributed by atoms with Gasteiger partial charge in [-0.1, -0.05) is 54.6 Å². The van der Waals surface area contributed by atoms with Crippen molar-refractivity contribution in [1.29, 1.82) is 0 Å². The topological polar surface area (TPSA) is 22.8 Å². The summed E-state index contributed by atoms with van der Waals surface area (Å²) < 4.78 is 6.06. The van der Waals surface area contributed by atoms with E-state index < -0.39 is 0 Å². The Morgan fingerprint density at radius 2 is 0.949 bits per heavy atom. The minimum Gasteiger partial charge on any atom is -0.309 e. The number of nitrogens with zero attached hydrogens (tertiary/aromatic N) is 3. The Morgan fingerprint density at radius 3 is 1.62 bits per heavy atom. The lowest BCUT2D eigenvalue weighted by molar-refractivity contribution is 1.17. The predicted octanol–water partition coefficient (Wildman–Crippen LogP) is 9.64. The van der Waals surface area contributed by atoms with Crippen molar-refractivity contribution in [2.24, 2.45) is 0 Å². The minimum absolute atomic E-state index is 1.09. The fourth-order valence-electron chi connectivity index (χ4n) is 6.32. The van der Waals surface area contributed by atoms with Crippen LogP contribution in [-0.4, -0.2) is 14.1 Å². The molecule has 3 nitrogen and oxygen atoms in total. The fraction of sp³-hybridized carbons (Fsp3) is 0. The molecular weight excluding hydrogens is 494 g/mol. The van der Waals surface area contributed by atoms with Gasteiger partial charge in [-0.25, -0.2) is 4.98 Å². The van der Waals surface area contributed by atoms with Gasteiger partial charge in [0.1, 0.15) is 4.83 Å². The molecule has 0 amide bonds. The Morgan fingerprint density at radius 1 is 0.436 bits per heavy atom. The van der Waals surface area contributed by atoms with Crippen LogP contribution < -0.4 is 0 Å². The lowest BCUT2D eigenvalue weighted by atomic mass is 10.1. The first-order valence-electron chi connectivity index (χ1n) is 13.1. The zero-order chi connectivity index (χ0) is 25.5. The summed E-state index contributed by atoms with van der Waals surface area (Å²) in [5, 5.41) is 7.54. The summed E-state index contributed by atoms with van der Waals surface area (Å²) in [6.45, 7) is 0. The Kier molecular flexibility index (Phi) is 4.21. The first-order valence-corrected chi connectivity index (χ1v) is 14.0. The van der Waals surface area contributed by atoms with Crippen molar-refractivity contribution in [1.82, 2.24) is 14.1 Å². The van der Waals surface area contributed by atoms with Gasteiger partial charge < -0.3 is 9.13 Å². The number of aromatic nitrogens is 3. The average Bonchev–Trinajstić information content (AvgIpc) is 3.64. The maximum Gasteiger partial charge on any atom is 0.124 e. The monoisotopic (exact) mass is 515 g/mol. The first kappa shape index (κ1) is 21.1. The molecule has 4 heteroatoms. The van der Waals surface area contributed by atoms with E-state index in [-0.39, 0.29) is 0 Å². The van der Waals surface area contributed by atoms with Crippen LogP contribution in [0.25, 0.3) is 75.3 Å². The molecule has 0 saturated heterocycles. The third-order valence-corrected chi connectivity index (χ3v) is 9.08. The molecule has 4 aromatic heterocycles. The lowest BCUT2D eigenvalue weighted by Crippen LogP contribution is -1.95. The van der Waals surface area contributed by atoms with E-state index in [4.69, 9.17) is 0 Å². The minimum atomic E-state index is 1.09. The largest absolute Gasteiger partial charge is 0.309 e. The molecule has 0 aliphatic carbocycles. The zero-order valence-electron chi connectivity index (χ0n) is 20.9. The molecule has 0 unspecified atom stereocenters. The molecule has 4 heterocycles. The highest BCUT2D eigenvalue weighted by atomic mass is 32.1. The number of para-hydroxylation sites is 3. The molecule has 0 aliphatic heterocycles. The van der Waals surface area contributed by atoms with Crippen molar-refractivity contribution < 1.29 is 0 Å². The van der Waals surface area contributed by atoms with E-state index in [1.54, 1.807) is 11.3 Å². The van der Waals surface area contributed by atoms with Crippen molar-refractivity contribution in [2.75, 3.05) is 0 Å². The van der Waals surface area contributed by atoms with Gasteiger partial charge in [0, 0.05) is 54.6 Å². The number of hydrogen-bond donors (Lipinski definition) is 0. The summed E-state index contributed by atoms with van der Waals surface area (Å²) in [4.78, 5) is 5.68. The number of hydrogen-bond acceptors (Lipinski definition) is 2. The van der Waals surface area contributed by atoms with E-state index in [0.29, 0.717) is 0 Å². The smallest absolute Gasteiger partial charge is 0.124 e. The number of rotatable bonds is 2. The zero-order valence-corrected chi connectivity index (χ0v) is 21.7. The maximum absolute atomic E-state index is 4.60. The lowest BCUT2D eigenvalue weighted by Gasteiger charge is -2.10. The molecule has 0 N–H and O–H groups in total. The van der Waals surface area contributed by atoms with Crippen LogP contribution in [-0.2, 0) is 0 Å². The maximum atomic E-state index is 4.60. The highest BCUT2D eigenvalue weighted by Crippen LogP contribution is 2.39. The second-order valence-corrected chi connectivity index (χ2v) is 11.1. The van der Waals surface area contributed by atoms with E-state index >= 15 is 0 Å². The molecule has 0 atom stereocenters. The predicted molar refractivity (Wildman–Crippen MR) is 166 cm³/mol. The van der Waals surface area contributed by atoms with E-state index in [1.807, 2.05) is 12.3 Å². The van der Waals surface area contributed by atoms with Crippen molar-refractivity contribution in [3.8, 4) is 11.4 Å². The highest BCUT2D eigenvalue weighted by molar-refractivity contribution is 7.25. The first-order chi connectivity index (χ1) is 19.3. The highest BCUT2D eigenvalue weighted by Gasteiger charge is 2.17. The van der Waals surface area contributed by atoms with Gasteiger partial charge in [0.2, 0.25) is 0 Å². The number of benzene rings is 5. The summed E-state index contributed by atoms with van der Waals surface area (Å²) in [5.41, 5.74) is 7.21. The van der Waals surface area contributed by atoms with E-state index in [0.717, 1.165) is 4.83 Å². The van der Waals surface area contributed by atoms with Gasteiger partial charge in [-0.15, -0.1) is 11.3 Å².